The van der Waals surface area contributed by atoms with Crippen molar-refractivity contribution in [3.63, 3.8) is 0 Å². The van der Waals surface area contributed by atoms with Gasteiger partial charge in [0.05, 0.1) is 0 Å². The summed E-state index contributed by atoms with van der Waals surface area (Å²) >= 11 is 0. The summed E-state index contributed by atoms with van der Waals surface area (Å²) in [5, 5.41) is 3.84. The Kier molecular flexibility index (Phi) is 3.26. The van der Waals surface area contributed by atoms with E-state index in [1.807, 2.05) is 0 Å². The molecule has 76 valence electrons. The van der Waals surface area contributed by atoms with Crippen molar-refractivity contribution in [3.8, 4) is 0 Å². The second-order valence-corrected chi connectivity index (χ2v) is 5.10. The van der Waals surface area contributed by atoms with E-state index in [4.69, 9.17) is 0 Å². The Morgan fingerprint density at radius 3 is 1.92 bits per heavy atom. The Labute approximate surface area is 82.3 Å². The second-order valence-electron chi connectivity index (χ2n) is 5.10. The summed E-state index contributed by atoms with van der Waals surface area (Å²) in [4.78, 5) is 0. The highest BCUT2D eigenvalue weighted by molar-refractivity contribution is 4.81. The molecule has 2 rings (SSSR count). The first kappa shape index (κ1) is 9.51. The van der Waals surface area contributed by atoms with Crippen LogP contribution in [0.5, 0.6) is 0 Å². The average molecular weight is 181 g/mol. The van der Waals surface area contributed by atoms with E-state index >= 15 is 0 Å². The Morgan fingerprint density at radius 1 is 0.769 bits per heavy atom. The van der Waals surface area contributed by atoms with Crippen molar-refractivity contribution >= 4 is 0 Å². The normalized spacial score (nSPS) is 36.7. The SMILES string of the molecule is CC1CCC(NC2CCCC2)CC1. The minimum absolute atomic E-state index is 0.860. The van der Waals surface area contributed by atoms with Crippen LogP contribution in [-0.2, 0) is 0 Å². The molecule has 0 aromatic rings. The Bertz CT molecular complexity index is 141. The number of nitrogens with one attached hydrogen (secondary N) is 1. The molecule has 2 fully saturated rings. The zero-order valence-corrected chi connectivity index (χ0v) is 8.89. The fraction of sp³-hybridized carbons (Fsp3) is 1.00. The predicted molar refractivity (Wildman–Crippen MR) is 56.8 cm³/mol. The number of hydrogen-bond donors (Lipinski definition) is 1. The number of hydrogen-bond acceptors (Lipinski definition) is 1. The molecule has 2 aliphatic carbocycles. The second kappa shape index (κ2) is 4.45. The number of rotatable bonds is 2. The molecule has 1 N–H and O–H groups in total. The smallest absolute Gasteiger partial charge is 0.00698 e. The maximum absolute atomic E-state index is 3.84. The van der Waals surface area contributed by atoms with Gasteiger partial charge in [0.15, 0.2) is 0 Å². The molecular weight excluding hydrogens is 158 g/mol. The van der Waals surface area contributed by atoms with Gasteiger partial charge in [0.1, 0.15) is 0 Å². The zero-order valence-electron chi connectivity index (χ0n) is 8.89. The van der Waals surface area contributed by atoms with Crippen molar-refractivity contribution in [1.29, 1.82) is 0 Å². The standard InChI is InChI=1S/C12H23N/c1-10-6-8-12(9-7-10)13-11-4-2-3-5-11/h10-13H,2-9H2,1H3. The maximum atomic E-state index is 3.84. The summed E-state index contributed by atoms with van der Waals surface area (Å²) in [5.41, 5.74) is 0. The molecule has 0 aromatic carbocycles. The third-order valence-corrected chi connectivity index (χ3v) is 3.84. The first-order valence-electron chi connectivity index (χ1n) is 6.10. The molecule has 13 heavy (non-hydrogen) atoms. The molecule has 1 heteroatoms. The molecule has 0 radical (unpaired) electrons. The Hall–Kier alpha value is -0.0400. The van der Waals surface area contributed by atoms with Gasteiger partial charge in [-0.05, 0) is 44.4 Å². The molecule has 2 aliphatic rings. The van der Waals surface area contributed by atoms with Gasteiger partial charge in [-0.3, -0.25) is 0 Å². The van der Waals surface area contributed by atoms with Crippen molar-refractivity contribution in [2.75, 3.05) is 0 Å². The third kappa shape index (κ3) is 2.70. The van der Waals surface area contributed by atoms with Crippen LogP contribution >= 0.6 is 0 Å². The highest BCUT2D eigenvalue weighted by Gasteiger charge is 2.22. The van der Waals surface area contributed by atoms with Crippen LogP contribution in [0.15, 0.2) is 0 Å². The predicted octanol–water partition coefficient (Wildman–Crippen LogP) is 3.10. The van der Waals surface area contributed by atoms with Gasteiger partial charge in [-0.1, -0.05) is 19.8 Å². The summed E-state index contributed by atoms with van der Waals surface area (Å²) in [6, 6.07) is 1.73. The molecule has 2 saturated carbocycles. The molecule has 0 aromatic heterocycles. The molecule has 0 unspecified atom stereocenters. The molecular formula is C12H23N. The lowest BCUT2D eigenvalue weighted by Gasteiger charge is -2.29. The van der Waals surface area contributed by atoms with Crippen LogP contribution in [0.2, 0.25) is 0 Å². The lowest BCUT2D eigenvalue weighted by Crippen LogP contribution is -2.38. The lowest BCUT2D eigenvalue weighted by atomic mass is 9.87. The summed E-state index contributed by atoms with van der Waals surface area (Å²) in [6.45, 7) is 2.39. The molecule has 1 nitrogen and oxygen atoms in total. The van der Waals surface area contributed by atoms with Crippen molar-refractivity contribution in [3.05, 3.63) is 0 Å². The van der Waals surface area contributed by atoms with Gasteiger partial charge in [0.25, 0.3) is 0 Å². The van der Waals surface area contributed by atoms with Gasteiger partial charge in [0, 0.05) is 12.1 Å². The van der Waals surface area contributed by atoms with Gasteiger partial charge in [-0.15, -0.1) is 0 Å². The monoisotopic (exact) mass is 181 g/mol. The van der Waals surface area contributed by atoms with Gasteiger partial charge >= 0.3 is 0 Å². The van der Waals surface area contributed by atoms with Crippen LogP contribution in [0.1, 0.15) is 58.3 Å². The molecule has 0 heterocycles. The minimum Gasteiger partial charge on any atom is -0.311 e. The van der Waals surface area contributed by atoms with Gasteiger partial charge in [-0.25, -0.2) is 0 Å². The van der Waals surface area contributed by atoms with Crippen molar-refractivity contribution in [1.82, 2.24) is 5.32 Å². The summed E-state index contributed by atoms with van der Waals surface area (Å²) < 4.78 is 0. The van der Waals surface area contributed by atoms with Crippen LogP contribution in [0, 0.1) is 5.92 Å². The van der Waals surface area contributed by atoms with E-state index in [2.05, 4.69) is 12.2 Å². The van der Waals surface area contributed by atoms with Crippen molar-refractivity contribution in [2.24, 2.45) is 5.92 Å². The Morgan fingerprint density at radius 2 is 1.31 bits per heavy atom. The largest absolute Gasteiger partial charge is 0.311 e. The van der Waals surface area contributed by atoms with E-state index in [-0.39, 0.29) is 0 Å². The van der Waals surface area contributed by atoms with Gasteiger partial charge in [0.2, 0.25) is 0 Å². The molecule has 0 aliphatic heterocycles. The van der Waals surface area contributed by atoms with E-state index in [0.29, 0.717) is 0 Å². The fourth-order valence-corrected chi connectivity index (χ4v) is 2.85. The van der Waals surface area contributed by atoms with E-state index in [1.165, 1.54) is 51.4 Å². The van der Waals surface area contributed by atoms with Crippen LogP contribution in [-0.4, -0.2) is 12.1 Å². The van der Waals surface area contributed by atoms with Crippen molar-refractivity contribution in [2.45, 2.75) is 70.4 Å². The highest BCUT2D eigenvalue weighted by Crippen LogP contribution is 2.26. The van der Waals surface area contributed by atoms with Crippen molar-refractivity contribution < 1.29 is 0 Å². The minimum atomic E-state index is 0.860. The van der Waals surface area contributed by atoms with Crippen LogP contribution < -0.4 is 5.32 Å². The summed E-state index contributed by atoms with van der Waals surface area (Å²) in [5.74, 6) is 0.988. The fourth-order valence-electron chi connectivity index (χ4n) is 2.85. The average Bonchev–Trinajstić information content (AvgIpc) is 2.62. The van der Waals surface area contributed by atoms with E-state index in [1.54, 1.807) is 0 Å². The lowest BCUT2D eigenvalue weighted by molar-refractivity contribution is 0.286. The summed E-state index contributed by atoms with van der Waals surface area (Å²) in [6.07, 6.45) is 11.5. The quantitative estimate of drug-likeness (QED) is 0.690. The summed E-state index contributed by atoms with van der Waals surface area (Å²) in [7, 11) is 0. The Balaban J connectivity index is 1.69. The molecule has 0 atom stereocenters. The van der Waals surface area contributed by atoms with E-state index < -0.39 is 0 Å². The zero-order chi connectivity index (χ0) is 9.10. The first-order valence-corrected chi connectivity index (χ1v) is 6.10. The maximum Gasteiger partial charge on any atom is 0.00698 e. The van der Waals surface area contributed by atoms with Gasteiger partial charge < -0.3 is 5.32 Å². The molecule has 0 bridgehead atoms. The first-order chi connectivity index (χ1) is 6.34. The van der Waals surface area contributed by atoms with Gasteiger partial charge in [-0.2, -0.15) is 0 Å². The van der Waals surface area contributed by atoms with Crippen LogP contribution in [0.4, 0.5) is 0 Å². The van der Waals surface area contributed by atoms with E-state index in [9.17, 15) is 0 Å². The topological polar surface area (TPSA) is 12.0 Å². The third-order valence-electron chi connectivity index (χ3n) is 3.84. The molecule has 0 spiro atoms. The molecule has 0 saturated heterocycles. The van der Waals surface area contributed by atoms with Crippen LogP contribution in [0.25, 0.3) is 0 Å². The highest BCUT2D eigenvalue weighted by atomic mass is 15.0. The van der Waals surface area contributed by atoms with E-state index in [0.717, 1.165) is 18.0 Å². The van der Waals surface area contributed by atoms with Crippen LogP contribution in [0.3, 0.4) is 0 Å². The molecule has 0 amide bonds.